The molecule has 0 fully saturated rings. The Hall–Kier alpha value is -0.500. The molecule has 2 heteroatoms. The standard InChI is InChI=1S/C6H7OS/c1-5-3-8-4-6(5)7-2/h4H,1-2H3. The average molecular weight is 127 g/mol. The van der Waals surface area contributed by atoms with Gasteiger partial charge in [-0.2, -0.15) is 0 Å². The van der Waals surface area contributed by atoms with E-state index in [-0.39, 0.29) is 0 Å². The number of hydrogen-bond donors (Lipinski definition) is 0. The van der Waals surface area contributed by atoms with Gasteiger partial charge < -0.3 is 4.74 Å². The van der Waals surface area contributed by atoms with Gasteiger partial charge in [-0.15, -0.1) is 11.3 Å². The van der Waals surface area contributed by atoms with Crippen molar-refractivity contribution < 1.29 is 4.74 Å². The first-order valence-corrected chi connectivity index (χ1v) is 3.22. The Bertz CT molecular complexity index is 169. The summed E-state index contributed by atoms with van der Waals surface area (Å²) in [4.78, 5) is 0. The topological polar surface area (TPSA) is 9.23 Å². The third-order valence-corrected chi connectivity index (χ3v) is 1.72. The second-order valence-electron chi connectivity index (χ2n) is 1.53. The molecule has 0 aliphatic heterocycles. The lowest BCUT2D eigenvalue weighted by Crippen LogP contribution is -1.79. The van der Waals surface area contributed by atoms with Crippen molar-refractivity contribution in [1.29, 1.82) is 0 Å². The minimum absolute atomic E-state index is 0.940. The van der Waals surface area contributed by atoms with E-state index in [0.717, 1.165) is 11.3 Å². The Kier molecular flexibility index (Phi) is 1.53. The van der Waals surface area contributed by atoms with E-state index < -0.39 is 0 Å². The third kappa shape index (κ3) is 0.842. The molecular formula is C6H7OS. The highest BCUT2D eigenvalue weighted by Crippen LogP contribution is 2.19. The summed E-state index contributed by atoms with van der Waals surface area (Å²) in [6.45, 7) is 1.98. The van der Waals surface area contributed by atoms with Crippen LogP contribution in [-0.4, -0.2) is 7.11 Å². The molecule has 1 rings (SSSR count). The zero-order chi connectivity index (χ0) is 5.98. The molecule has 1 aromatic rings. The van der Waals surface area contributed by atoms with Crippen LogP contribution in [0.1, 0.15) is 5.56 Å². The van der Waals surface area contributed by atoms with Crippen LogP contribution in [0.3, 0.4) is 0 Å². The van der Waals surface area contributed by atoms with E-state index in [0.29, 0.717) is 0 Å². The molecule has 0 unspecified atom stereocenters. The fraction of sp³-hybridized carbons (Fsp3) is 0.333. The molecule has 0 aliphatic rings. The Morgan fingerprint density at radius 1 is 1.75 bits per heavy atom. The number of methoxy groups -OCH3 is 1. The molecule has 1 aromatic heterocycles. The van der Waals surface area contributed by atoms with Crippen molar-refractivity contribution in [2.45, 2.75) is 6.92 Å². The van der Waals surface area contributed by atoms with Gasteiger partial charge in [0.05, 0.1) is 12.5 Å². The molecule has 43 valence electrons. The molecule has 0 aliphatic carbocycles. The smallest absolute Gasteiger partial charge is 0.133 e. The highest BCUT2D eigenvalue weighted by molar-refractivity contribution is 7.07. The van der Waals surface area contributed by atoms with Crippen molar-refractivity contribution >= 4 is 11.3 Å². The molecule has 0 saturated heterocycles. The SMILES string of the molecule is COc1cs[c]c1C. The van der Waals surface area contributed by atoms with Crippen molar-refractivity contribution in [2.75, 3.05) is 7.11 Å². The van der Waals surface area contributed by atoms with E-state index in [1.54, 1.807) is 18.4 Å². The fourth-order valence-corrected chi connectivity index (χ4v) is 1.23. The van der Waals surface area contributed by atoms with Gasteiger partial charge in [0.1, 0.15) is 5.75 Å². The van der Waals surface area contributed by atoms with E-state index in [1.165, 1.54) is 0 Å². The van der Waals surface area contributed by atoms with Crippen LogP contribution in [0.15, 0.2) is 5.38 Å². The van der Waals surface area contributed by atoms with Gasteiger partial charge in [0.15, 0.2) is 0 Å². The third-order valence-electron chi connectivity index (χ3n) is 0.967. The molecule has 0 N–H and O–H groups in total. The van der Waals surface area contributed by atoms with E-state index >= 15 is 0 Å². The molecule has 0 amide bonds. The monoisotopic (exact) mass is 127 g/mol. The molecular weight excluding hydrogens is 120 g/mol. The fourth-order valence-electron chi connectivity index (χ4n) is 0.511. The van der Waals surface area contributed by atoms with Crippen LogP contribution < -0.4 is 4.74 Å². The van der Waals surface area contributed by atoms with E-state index in [9.17, 15) is 0 Å². The summed E-state index contributed by atoms with van der Waals surface area (Å²) in [6, 6.07) is 0. The predicted octanol–water partition coefficient (Wildman–Crippen LogP) is 1.87. The first-order chi connectivity index (χ1) is 3.84. The Balaban J connectivity index is 2.92. The zero-order valence-corrected chi connectivity index (χ0v) is 5.71. The molecule has 1 nitrogen and oxygen atoms in total. The van der Waals surface area contributed by atoms with E-state index in [2.05, 4.69) is 5.38 Å². The average Bonchev–Trinajstić information content (AvgIpc) is 2.14. The molecule has 8 heavy (non-hydrogen) atoms. The zero-order valence-electron chi connectivity index (χ0n) is 4.89. The minimum Gasteiger partial charge on any atom is -0.496 e. The highest BCUT2D eigenvalue weighted by atomic mass is 32.1. The molecule has 1 radical (unpaired) electrons. The highest BCUT2D eigenvalue weighted by Gasteiger charge is 1.94. The number of aryl methyl sites for hydroxylation is 1. The summed E-state index contributed by atoms with van der Waals surface area (Å²) in [5.74, 6) is 0.940. The first-order valence-electron chi connectivity index (χ1n) is 2.34. The van der Waals surface area contributed by atoms with Gasteiger partial charge >= 0.3 is 0 Å². The first kappa shape index (κ1) is 5.63. The van der Waals surface area contributed by atoms with Crippen molar-refractivity contribution in [3.63, 3.8) is 0 Å². The molecule has 0 aromatic carbocycles. The molecule has 0 spiro atoms. The maximum absolute atomic E-state index is 4.96. The second-order valence-corrected chi connectivity index (χ2v) is 2.21. The molecule has 0 bridgehead atoms. The van der Waals surface area contributed by atoms with Crippen LogP contribution in [0, 0.1) is 12.3 Å². The number of thiophene rings is 1. The van der Waals surface area contributed by atoms with Crippen LogP contribution in [0.2, 0.25) is 0 Å². The van der Waals surface area contributed by atoms with Crippen LogP contribution in [0.4, 0.5) is 0 Å². The Morgan fingerprint density at radius 3 is 2.75 bits per heavy atom. The number of ether oxygens (including phenoxy) is 1. The lowest BCUT2D eigenvalue weighted by molar-refractivity contribution is 0.414. The number of rotatable bonds is 1. The maximum Gasteiger partial charge on any atom is 0.133 e. The summed E-state index contributed by atoms with van der Waals surface area (Å²) in [7, 11) is 1.67. The van der Waals surface area contributed by atoms with Crippen molar-refractivity contribution in [1.82, 2.24) is 0 Å². The molecule has 0 atom stereocenters. The Labute approximate surface area is 52.9 Å². The van der Waals surface area contributed by atoms with E-state index in [1.807, 2.05) is 12.3 Å². The Morgan fingerprint density at radius 2 is 2.50 bits per heavy atom. The molecule has 1 heterocycles. The summed E-state index contributed by atoms with van der Waals surface area (Å²) < 4.78 is 4.96. The summed E-state index contributed by atoms with van der Waals surface area (Å²) in [5.41, 5.74) is 1.09. The normalized spacial score (nSPS) is 9.25. The van der Waals surface area contributed by atoms with Crippen LogP contribution in [0.25, 0.3) is 0 Å². The van der Waals surface area contributed by atoms with Gasteiger partial charge in [-0.1, -0.05) is 0 Å². The second kappa shape index (κ2) is 2.18. The van der Waals surface area contributed by atoms with Gasteiger partial charge in [0, 0.05) is 10.9 Å². The largest absolute Gasteiger partial charge is 0.496 e. The summed E-state index contributed by atoms with van der Waals surface area (Å²) in [6.07, 6.45) is 0. The van der Waals surface area contributed by atoms with Crippen LogP contribution in [0.5, 0.6) is 5.75 Å². The quantitative estimate of drug-likeness (QED) is 0.559. The van der Waals surface area contributed by atoms with Crippen LogP contribution >= 0.6 is 11.3 Å². The van der Waals surface area contributed by atoms with Crippen LogP contribution in [-0.2, 0) is 0 Å². The van der Waals surface area contributed by atoms with Gasteiger partial charge in [-0.3, -0.25) is 0 Å². The lowest BCUT2D eigenvalue weighted by Gasteiger charge is -1.92. The van der Waals surface area contributed by atoms with Gasteiger partial charge in [0.2, 0.25) is 0 Å². The maximum atomic E-state index is 4.96. The number of hydrogen-bond acceptors (Lipinski definition) is 2. The van der Waals surface area contributed by atoms with Gasteiger partial charge in [-0.25, -0.2) is 0 Å². The molecule has 0 saturated carbocycles. The van der Waals surface area contributed by atoms with Crippen molar-refractivity contribution in [3.8, 4) is 5.75 Å². The van der Waals surface area contributed by atoms with Gasteiger partial charge in [-0.05, 0) is 6.92 Å². The van der Waals surface area contributed by atoms with Crippen molar-refractivity contribution in [2.24, 2.45) is 0 Å². The summed E-state index contributed by atoms with van der Waals surface area (Å²) in [5, 5.41) is 4.98. The van der Waals surface area contributed by atoms with Crippen molar-refractivity contribution in [3.05, 3.63) is 16.3 Å². The van der Waals surface area contributed by atoms with E-state index in [4.69, 9.17) is 4.74 Å². The summed E-state index contributed by atoms with van der Waals surface area (Å²) >= 11 is 1.54. The lowest BCUT2D eigenvalue weighted by atomic mass is 10.4. The predicted molar refractivity (Wildman–Crippen MR) is 34.4 cm³/mol. The minimum atomic E-state index is 0.940. The van der Waals surface area contributed by atoms with Gasteiger partial charge in [0.25, 0.3) is 0 Å².